The van der Waals surface area contributed by atoms with Crippen LogP contribution in [0.15, 0.2) is 30.3 Å². The summed E-state index contributed by atoms with van der Waals surface area (Å²) in [7, 11) is -2.04. The van der Waals surface area contributed by atoms with Crippen LogP contribution in [-0.2, 0) is 9.22 Å². The predicted molar refractivity (Wildman–Crippen MR) is 119 cm³/mol. The Balaban J connectivity index is 2.08. The van der Waals surface area contributed by atoms with Gasteiger partial charge in [-0.25, -0.2) is 0 Å². The first kappa shape index (κ1) is 24.9. The molecule has 1 aliphatic rings. The minimum atomic E-state index is -2.04. The van der Waals surface area contributed by atoms with Gasteiger partial charge in [0.1, 0.15) is 12.4 Å². The molecule has 3 N–H and O–H groups in total. The number of aliphatic hydroxyl groups is 2. The number of carboxylic acid groups (broad SMARTS) is 1. The molecule has 0 heterocycles. The fourth-order valence-corrected chi connectivity index (χ4v) is 5.29. The van der Waals surface area contributed by atoms with E-state index >= 15 is 0 Å². The van der Waals surface area contributed by atoms with E-state index in [9.17, 15) is 20.1 Å². The maximum Gasteiger partial charge on any atom is 0.303 e. The van der Waals surface area contributed by atoms with Gasteiger partial charge in [0.15, 0.2) is 8.32 Å². The van der Waals surface area contributed by atoms with Crippen LogP contribution >= 0.6 is 0 Å². The van der Waals surface area contributed by atoms with E-state index < -0.39 is 32.4 Å². The van der Waals surface area contributed by atoms with Crippen molar-refractivity contribution < 1.29 is 29.3 Å². The van der Waals surface area contributed by atoms with Crippen LogP contribution in [0.25, 0.3) is 0 Å². The zero-order valence-corrected chi connectivity index (χ0v) is 19.9. The second-order valence-electron chi connectivity index (χ2n) is 10.00. The van der Waals surface area contributed by atoms with Gasteiger partial charge in [0, 0.05) is 5.92 Å². The van der Waals surface area contributed by atoms with Gasteiger partial charge in [0.05, 0.1) is 24.7 Å². The molecule has 170 valence electrons. The number of aliphatic hydroxyl groups excluding tert-OH is 2. The van der Waals surface area contributed by atoms with Gasteiger partial charge in [-0.1, -0.05) is 39.0 Å². The highest BCUT2D eigenvalue weighted by molar-refractivity contribution is 6.74. The van der Waals surface area contributed by atoms with Crippen LogP contribution in [0, 0.1) is 11.8 Å². The number of aliphatic carboxylic acids is 1. The van der Waals surface area contributed by atoms with E-state index in [0.717, 1.165) is 5.75 Å². The second-order valence-corrected chi connectivity index (χ2v) is 14.8. The lowest BCUT2D eigenvalue weighted by Gasteiger charge is -2.39. The van der Waals surface area contributed by atoms with E-state index in [2.05, 4.69) is 33.9 Å². The van der Waals surface area contributed by atoms with Crippen molar-refractivity contribution in [2.75, 3.05) is 6.61 Å². The van der Waals surface area contributed by atoms with Gasteiger partial charge in [-0.3, -0.25) is 4.79 Å². The summed E-state index contributed by atoms with van der Waals surface area (Å²) >= 11 is 0. The summed E-state index contributed by atoms with van der Waals surface area (Å²) in [6.45, 7) is 11.4. The number of carbonyl (C=O) groups is 1. The Morgan fingerprint density at radius 3 is 2.30 bits per heavy atom. The SMILES string of the molecule is CC(C)(C)[Si](C)(C)O[C@H](CC[C@@H]1[C@@H](CC(=O)O)[C@@H](O)C[C@H]1O)COc1ccccc1. The molecule has 7 heteroatoms. The summed E-state index contributed by atoms with van der Waals surface area (Å²) in [6.07, 6.45) is -0.290. The molecule has 0 unspecified atom stereocenters. The number of ether oxygens (including phenoxy) is 1. The average Bonchev–Trinajstić information content (AvgIpc) is 2.89. The van der Waals surface area contributed by atoms with Gasteiger partial charge in [-0.15, -0.1) is 0 Å². The van der Waals surface area contributed by atoms with Gasteiger partial charge in [-0.2, -0.15) is 0 Å². The van der Waals surface area contributed by atoms with Gasteiger partial charge >= 0.3 is 5.97 Å². The molecule has 0 amide bonds. The summed E-state index contributed by atoms with van der Waals surface area (Å²) in [5.41, 5.74) is 0. The third-order valence-electron chi connectivity index (χ3n) is 6.70. The van der Waals surface area contributed by atoms with E-state index in [1.807, 2.05) is 30.3 Å². The van der Waals surface area contributed by atoms with Crippen molar-refractivity contribution >= 4 is 14.3 Å². The summed E-state index contributed by atoms with van der Waals surface area (Å²) < 4.78 is 12.6. The summed E-state index contributed by atoms with van der Waals surface area (Å²) in [5, 5.41) is 29.9. The molecule has 2 rings (SSSR count). The summed E-state index contributed by atoms with van der Waals surface area (Å²) in [6, 6.07) is 9.59. The molecule has 1 fully saturated rings. The Hall–Kier alpha value is -1.41. The standard InChI is InChI=1S/C23H38O6Si/c1-23(2,3)30(4,5)29-17(15-28-16-9-7-6-8-10-16)11-12-18-19(13-22(26)27)21(25)14-20(18)24/h6-10,17-21,24-25H,11-15H2,1-5H3,(H,26,27)/t17-,18-,19-,20-,21+/m1/s1. The highest BCUT2D eigenvalue weighted by Gasteiger charge is 2.43. The molecule has 0 bridgehead atoms. The van der Waals surface area contributed by atoms with E-state index in [0.29, 0.717) is 19.4 Å². The molecule has 1 aliphatic carbocycles. The Morgan fingerprint density at radius 1 is 1.13 bits per heavy atom. The molecule has 0 aromatic heterocycles. The van der Waals surface area contributed by atoms with Crippen LogP contribution in [-0.4, -0.2) is 54.5 Å². The molecule has 1 aromatic carbocycles. The largest absolute Gasteiger partial charge is 0.491 e. The van der Waals surface area contributed by atoms with Gasteiger partial charge in [0.2, 0.25) is 0 Å². The van der Waals surface area contributed by atoms with E-state index in [-0.39, 0.29) is 29.9 Å². The van der Waals surface area contributed by atoms with Crippen molar-refractivity contribution in [1.82, 2.24) is 0 Å². The number of hydrogen-bond donors (Lipinski definition) is 3. The molecular formula is C23H38O6Si. The monoisotopic (exact) mass is 438 g/mol. The van der Waals surface area contributed by atoms with Gasteiger partial charge in [0.25, 0.3) is 0 Å². The molecule has 1 aromatic rings. The zero-order valence-electron chi connectivity index (χ0n) is 18.9. The number of benzene rings is 1. The maximum absolute atomic E-state index is 11.2. The first-order chi connectivity index (χ1) is 13.9. The minimum Gasteiger partial charge on any atom is -0.491 e. The lowest BCUT2D eigenvalue weighted by atomic mass is 9.86. The number of carboxylic acids is 1. The molecule has 0 spiro atoms. The Labute approximate surface area is 181 Å². The first-order valence-electron chi connectivity index (χ1n) is 10.8. The van der Waals surface area contributed by atoms with Crippen molar-refractivity contribution in [2.45, 2.75) is 82.9 Å². The van der Waals surface area contributed by atoms with Crippen LogP contribution < -0.4 is 4.74 Å². The maximum atomic E-state index is 11.2. The highest BCUT2D eigenvalue weighted by Crippen LogP contribution is 2.40. The third kappa shape index (κ3) is 6.80. The number of rotatable bonds is 10. The molecule has 0 radical (unpaired) electrons. The van der Waals surface area contributed by atoms with E-state index in [1.54, 1.807) is 0 Å². The third-order valence-corrected chi connectivity index (χ3v) is 11.2. The Kier molecular flexibility index (Phi) is 8.50. The summed E-state index contributed by atoms with van der Waals surface area (Å²) in [5.74, 6) is -0.847. The predicted octanol–water partition coefficient (Wildman–Crippen LogP) is 4.07. The average molecular weight is 439 g/mol. The lowest BCUT2D eigenvalue weighted by Crippen LogP contribution is -2.45. The fourth-order valence-electron chi connectivity index (χ4n) is 3.92. The van der Waals surface area contributed by atoms with Gasteiger partial charge < -0.3 is 24.5 Å². The lowest BCUT2D eigenvalue weighted by molar-refractivity contribution is -0.139. The molecule has 30 heavy (non-hydrogen) atoms. The van der Waals surface area contributed by atoms with Crippen molar-refractivity contribution in [3.05, 3.63) is 30.3 Å². The smallest absolute Gasteiger partial charge is 0.303 e. The van der Waals surface area contributed by atoms with Crippen LogP contribution in [0.5, 0.6) is 5.75 Å². The van der Waals surface area contributed by atoms with Crippen molar-refractivity contribution in [2.24, 2.45) is 11.8 Å². The first-order valence-corrected chi connectivity index (χ1v) is 13.7. The van der Waals surface area contributed by atoms with Crippen molar-refractivity contribution in [3.63, 3.8) is 0 Å². The van der Waals surface area contributed by atoms with E-state index in [4.69, 9.17) is 9.16 Å². The topological polar surface area (TPSA) is 96.2 Å². The van der Waals surface area contributed by atoms with E-state index in [1.165, 1.54) is 0 Å². The van der Waals surface area contributed by atoms with Crippen molar-refractivity contribution in [3.8, 4) is 5.75 Å². The Bertz CT molecular complexity index is 672. The molecule has 0 saturated heterocycles. The second kappa shape index (κ2) is 10.3. The van der Waals surface area contributed by atoms with Gasteiger partial charge in [-0.05, 0) is 55.4 Å². The van der Waals surface area contributed by atoms with Crippen LogP contribution in [0.2, 0.25) is 18.1 Å². The van der Waals surface area contributed by atoms with Crippen LogP contribution in [0.3, 0.4) is 0 Å². The number of para-hydroxylation sites is 1. The molecule has 6 nitrogen and oxygen atoms in total. The highest BCUT2D eigenvalue weighted by atomic mass is 28.4. The number of hydrogen-bond acceptors (Lipinski definition) is 5. The molecule has 1 saturated carbocycles. The fraction of sp³-hybridized carbons (Fsp3) is 0.696. The van der Waals surface area contributed by atoms with Crippen LogP contribution in [0.1, 0.15) is 46.5 Å². The molecular weight excluding hydrogens is 400 g/mol. The quantitative estimate of drug-likeness (QED) is 0.477. The molecule has 5 atom stereocenters. The Morgan fingerprint density at radius 2 is 1.73 bits per heavy atom. The minimum absolute atomic E-state index is 0.0485. The zero-order chi connectivity index (χ0) is 22.5. The van der Waals surface area contributed by atoms with Crippen LogP contribution in [0.4, 0.5) is 0 Å². The molecule has 0 aliphatic heterocycles. The summed E-state index contributed by atoms with van der Waals surface area (Å²) in [4.78, 5) is 11.2. The van der Waals surface area contributed by atoms with Crippen molar-refractivity contribution in [1.29, 1.82) is 0 Å². The normalized spacial score (nSPS) is 25.8.